The van der Waals surface area contributed by atoms with Gasteiger partial charge < -0.3 is 14.6 Å². The number of rotatable bonds is 6. The molecule has 0 bridgehead atoms. The average molecular weight is 523 g/mol. The number of aromatic nitrogens is 1. The minimum absolute atomic E-state index is 0.0474. The van der Waals surface area contributed by atoms with E-state index in [9.17, 15) is 14.4 Å². The van der Waals surface area contributed by atoms with Crippen molar-refractivity contribution < 1.29 is 14.3 Å². The highest BCUT2D eigenvalue weighted by molar-refractivity contribution is 6.31. The Bertz CT molecular complexity index is 1530. The molecule has 0 fully saturated rings. The van der Waals surface area contributed by atoms with Crippen LogP contribution in [0.4, 0.5) is 5.69 Å². The molecule has 0 saturated heterocycles. The molecule has 184 valence electrons. The largest absolute Gasteiger partial charge is 0.448 e. The second kappa shape index (κ2) is 10.6. The Morgan fingerprint density at radius 2 is 1.61 bits per heavy atom. The number of nitrogens with one attached hydrogen (secondary N) is 1. The number of ether oxygens (including phenoxy) is 1. The third kappa shape index (κ3) is 5.01. The highest BCUT2D eigenvalue weighted by Crippen LogP contribution is 2.32. The molecule has 1 atom stereocenters. The van der Waals surface area contributed by atoms with Crippen molar-refractivity contribution in [2.45, 2.75) is 26.4 Å². The van der Waals surface area contributed by atoms with Crippen LogP contribution in [0.5, 0.6) is 0 Å². The van der Waals surface area contributed by atoms with E-state index >= 15 is 0 Å². The van der Waals surface area contributed by atoms with Crippen molar-refractivity contribution in [2.75, 3.05) is 5.32 Å². The number of hydrogen-bond donors (Lipinski definition) is 1. The van der Waals surface area contributed by atoms with E-state index in [1.54, 1.807) is 73.7 Å². The molecule has 0 aliphatic heterocycles. The molecule has 0 spiro atoms. The van der Waals surface area contributed by atoms with E-state index in [-0.39, 0.29) is 17.7 Å². The summed E-state index contributed by atoms with van der Waals surface area (Å²) in [5.74, 6) is -1.27. The zero-order valence-electron chi connectivity index (χ0n) is 20.0. The summed E-state index contributed by atoms with van der Waals surface area (Å²) < 4.78 is 6.95. The minimum atomic E-state index is -1.09. The second-order valence-corrected chi connectivity index (χ2v) is 9.26. The third-order valence-electron chi connectivity index (χ3n) is 6.00. The van der Waals surface area contributed by atoms with Crippen molar-refractivity contribution in [1.29, 1.82) is 0 Å². The Morgan fingerprint density at radius 3 is 2.28 bits per heavy atom. The number of hydrogen-bond acceptors (Lipinski definition) is 4. The van der Waals surface area contributed by atoms with Crippen molar-refractivity contribution in [1.82, 2.24) is 4.57 Å². The highest BCUT2D eigenvalue weighted by atomic mass is 35.5. The molecule has 8 heteroatoms. The van der Waals surface area contributed by atoms with Gasteiger partial charge in [0.1, 0.15) is 5.69 Å². The van der Waals surface area contributed by atoms with E-state index in [0.29, 0.717) is 37.6 Å². The number of fused-ring (bicyclic) bond motifs is 1. The zero-order valence-corrected chi connectivity index (χ0v) is 21.5. The monoisotopic (exact) mass is 522 g/mol. The molecular formula is C28H24Cl2N2O4. The fourth-order valence-electron chi connectivity index (χ4n) is 4.06. The molecule has 6 nitrogen and oxygen atoms in total. The van der Waals surface area contributed by atoms with Crippen LogP contribution in [0.25, 0.3) is 21.9 Å². The van der Waals surface area contributed by atoms with Gasteiger partial charge in [0.25, 0.3) is 11.5 Å². The molecule has 36 heavy (non-hydrogen) atoms. The van der Waals surface area contributed by atoms with Crippen LogP contribution >= 0.6 is 23.2 Å². The van der Waals surface area contributed by atoms with Crippen LogP contribution in [-0.2, 0) is 16.6 Å². The van der Waals surface area contributed by atoms with Gasteiger partial charge in [0.2, 0.25) is 0 Å². The lowest BCUT2D eigenvalue weighted by molar-refractivity contribution is -0.124. The molecule has 0 saturated carbocycles. The predicted octanol–water partition coefficient (Wildman–Crippen LogP) is 6.39. The lowest BCUT2D eigenvalue weighted by Gasteiger charge is -2.20. The van der Waals surface area contributed by atoms with Gasteiger partial charge in [-0.1, -0.05) is 66.5 Å². The van der Waals surface area contributed by atoms with E-state index in [1.807, 2.05) is 6.92 Å². The normalized spacial score (nSPS) is 11.8. The Hall–Kier alpha value is -3.61. The summed E-state index contributed by atoms with van der Waals surface area (Å²) in [5, 5.41) is 4.85. The number of aryl methyl sites for hydroxylation is 1. The summed E-state index contributed by atoms with van der Waals surface area (Å²) in [6, 6.07) is 19.2. The van der Waals surface area contributed by atoms with E-state index < -0.39 is 18.0 Å². The standard InChI is InChI=1S/C28H24Cl2N2O4/c1-4-23(26(33)31-22-15-19(30)12-9-16(22)2)36-28(35)25-24(17-10-13-18(29)14-11-17)20-7-5-6-8-21(20)27(34)32(25)3/h5-15,23H,4H2,1-3H3,(H,31,33). The molecule has 1 amide bonds. The maximum absolute atomic E-state index is 13.6. The first-order chi connectivity index (χ1) is 17.2. The summed E-state index contributed by atoms with van der Waals surface area (Å²) >= 11 is 12.2. The van der Waals surface area contributed by atoms with Crippen LogP contribution in [0.15, 0.2) is 71.5 Å². The quantitative estimate of drug-likeness (QED) is 0.297. The lowest BCUT2D eigenvalue weighted by atomic mass is 9.96. The van der Waals surface area contributed by atoms with Gasteiger partial charge in [0.15, 0.2) is 6.10 Å². The number of benzene rings is 3. The van der Waals surface area contributed by atoms with Crippen LogP contribution in [-0.4, -0.2) is 22.5 Å². The maximum atomic E-state index is 13.6. The van der Waals surface area contributed by atoms with Crippen molar-refractivity contribution in [3.05, 3.63) is 98.4 Å². The Morgan fingerprint density at radius 1 is 0.972 bits per heavy atom. The number of anilines is 1. The fourth-order valence-corrected chi connectivity index (χ4v) is 4.36. The molecule has 1 aromatic heterocycles. The number of pyridine rings is 1. The number of amides is 1. The third-order valence-corrected chi connectivity index (χ3v) is 6.49. The highest BCUT2D eigenvalue weighted by Gasteiger charge is 2.28. The molecule has 0 aliphatic carbocycles. The van der Waals surface area contributed by atoms with Crippen LogP contribution in [0.3, 0.4) is 0 Å². The van der Waals surface area contributed by atoms with Gasteiger partial charge in [-0.25, -0.2) is 4.79 Å². The summed E-state index contributed by atoms with van der Waals surface area (Å²) in [6.07, 6.45) is -0.856. The van der Waals surface area contributed by atoms with Gasteiger partial charge in [0, 0.05) is 33.7 Å². The lowest BCUT2D eigenvalue weighted by Crippen LogP contribution is -2.34. The van der Waals surface area contributed by atoms with Gasteiger partial charge in [-0.15, -0.1) is 0 Å². The SMILES string of the molecule is CCC(OC(=O)c1c(-c2ccc(Cl)cc2)c2ccccc2c(=O)n1C)C(=O)Nc1cc(Cl)ccc1C. The second-order valence-electron chi connectivity index (χ2n) is 8.39. The number of carbonyl (C=O) groups is 2. The number of nitrogens with zero attached hydrogens (tertiary/aromatic N) is 1. The minimum Gasteiger partial charge on any atom is -0.448 e. The first-order valence-corrected chi connectivity index (χ1v) is 12.1. The number of carbonyl (C=O) groups excluding carboxylic acids is 2. The van der Waals surface area contributed by atoms with Crippen molar-refractivity contribution >= 4 is 51.5 Å². The van der Waals surface area contributed by atoms with E-state index in [2.05, 4.69) is 5.32 Å². The van der Waals surface area contributed by atoms with Gasteiger partial charge in [-0.05, 0) is 60.2 Å². The topological polar surface area (TPSA) is 77.4 Å². The van der Waals surface area contributed by atoms with Crippen molar-refractivity contribution in [2.24, 2.45) is 7.05 Å². The zero-order chi connectivity index (χ0) is 26.0. The Labute approximate surface area is 218 Å². The summed E-state index contributed by atoms with van der Waals surface area (Å²) in [4.78, 5) is 39.7. The molecule has 1 heterocycles. The van der Waals surface area contributed by atoms with Gasteiger partial charge in [-0.3, -0.25) is 9.59 Å². The average Bonchev–Trinajstić information content (AvgIpc) is 2.87. The molecule has 4 aromatic rings. The molecule has 0 aliphatic rings. The van der Waals surface area contributed by atoms with E-state index in [4.69, 9.17) is 27.9 Å². The van der Waals surface area contributed by atoms with Gasteiger partial charge in [-0.2, -0.15) is 0 Å². The molecule has 1 unspecified atom stereocenters. The summed E-state index contributed by atoms with van der Waals surface area (Å²) in [5.41, 5.74) is 2.26. The molecular weight excluding hydrogens is 499 g/mol. The van der Waals surface area contributed by atoms with Gasteiger partial charge >= 0.3 is 5.97 Å². The molecule has 1 N–H and O–H groups in total. The van der Waals surface area contributed by atoms with E-state index in [0.717, 1.165) is 5.56 Å². The Balaban J connectivity index is 1.76. The fraction of sp³-hybridized carbons (Fsp3) is 0.179. The van der Waals surface area contributed by atoms with E-state index in [1.165, 1.54) is 11.6 Å². The molecule has 0 radical (unpaired) electrons. The van der Waals surface area contributed by atoms with Crippen molar-refractivity contribution in [3.8, 4) is 11.1 Å². The van der Waals surface area contributed by atoms with Crippen molar-refractivity contribution in [3.63, 3.8) is 0 Å². The number of halogens is 2. The first kappa shape index (κ1) is 25.5. The van der Waals surface area contributed by atoms with Crippen LogP contribution in [0.2, 0.25) is 10.0 Å². The smallest absolute Gasteiger partial charge is 0.356 e. The summed E-state index contributed by atoms with van der Waals surface area (Å²) in [7, 11) is 1.52. The summed E-state index contributed by atoms with van der Waals surface area (Å²) in [6.45, 7) is 3.57. The van der Waals surface area contributed by atoms with Crippen LogP contribution in [0.1, 0.15) is 29.4 Å². The maximum Gasteiger partial charge on any atom is 0.356 e. The molecule has 3 aromatic carbocycles. The van der Waals surface area contributed by atoms with Crippen LogP contribution in [0, 0.1) is 6.92 Å². The van der Waals surface area contributed by atoms with Crippen LogP contribution < -0.4 is 10.9 Å². The number of esters is 1. The van der Waals surface area contributed by atoms with Gasteiger partial charge in [0.05, 0.1) is 0 Å². The first-order valence-electron chi connectivity index (χ1n) is 11.4. The molecule has 4 rings (SSSR count). The Kier molecular flexibility index (Phi) is 7.48. The predicted molar refractivity (Wildman–Crippen MR) is 144 cm³/mol.